The topological polar surface area (TPSA) is 27.7 Å². The molecule has 0 amide bonds. The number of rotatable bonds is 9. The molecule has 0 aliphatic heterocycles. The summed E-state index contributed by atoms with van der Waals surface area (Å²) in [6.45, 7) is 8.06. The van der Waals surface area contributed by atoms with Gasteiger partial charge in [0.2, 0.25) is 0 Å². The van der Waals surface area contributed by atoms with Crippen LogP contribution in [0.2, 0.25) is 6.04 Å². The molecule has 1 rings (SSSR count). The third-order valence-electron chi connectivity index (χ3n) is 3.23. The van der Waals surface area contributed by atoms with Crippen LogP contribution in [-0.2, 0) is 13.3 Å². The molecule has 18 heavy (non-hydrogen) atoms. The summed E-state index contributed by atoms with van der Waals surface area (Å²) in [5, 5.41) is 0. The summed E-state index contributed by atoms with van der Waals surface area (Å²) in [7, 11) is -2.42. The van der Waals surface area contributed by atoms with E-state index in [1.165, 1.54) is 25.7 Å². The molecule has 0 fully saturated rings. The Morgan fingerprint density at radius 3 is 2.06 bits per heavy atom. The maximum Gasteiger partial charge on any atom is 0.501 e. The van der Waals surface area contributed by atoms with Gasteiger partial charge in [-0.1, -0.05) is 11.6 Å². The molecule has 0 aromatic heterocycles. The van der Waals surface area contributed by atoms with Crippen molar-refractivity contribution < 1.29 is 13.3 Å². The Labute approximate surface area is 113 Å². The Hall–Kier alpha value is -0.163. The van der Waals surface area contributed by atoms with E-state index in [2.05, 4.69) is 6.08 Å². The van der Waals surface area contributed by atoms with Crippen LogP contribution in [-0.4, -0.2) is 28.6 Å². The lowest BCUT2D eigenvalue weighted by atomic mass is 9.98. The highest BCUT2D eigenvalue weighted by atomic mass is 28.4. The predicted octanol–water partition coefficient (Wildman–Crippen LogP) is 3.93. The Morgan fingerprint density at radius 2 is 1.61 bits per heavy atom. The van der Waals surface area contributed by atoms with Crippen LogP contribution in [0.1, 0.15) is 52.9 Å². The van der Waals surface area contributed by atoms with Crippen LogP contribution in [0.15, 0.2) is 11.6 Å². The van der Waals surface area contributed by atoms with Crippen molar-refractivity contribution >= 4 is 8.80 Å². The maximum absolute atomic E-state index is 5.87. The van der Waals surface area contributed by atoms with Crippen LogP contribution in [0.5, 0.6) is 0 Å². The molecular weight excluding hydrogens is 244 g/mol. The summed E-state index contributed by atoms with van der Waals surface area (Å²) in [4.78, 5) is 0. The minimum absolute atomic E-state index is 0.672. The van der Waals surface area contributed by atoms with Gasteiger partial charge in [0.1, 0.15) is 0 Å². The summed E-state index contributed by atoms with van der Waals surface area (Å²) < 4.78 is 17.6. The Morgan fingerprint density at radius 1 is 1.00 bits per heavy atom. The van der Waals surface area contributed by atoms with E-state index in [0.717, 1.165) is 12.5 Å². The van der Waals surface area contributed by atoms with E-state index >= 15 is 0 Å². The smallest absolute Gasteiger partial charge is 0.374 e. The van der Waals surface area contributed by atoms with Gasteiger partial charge >= 0.3 is 8.80 Å². The molecular formula is C14H28O3Si. The fraction of sp³-hybridized carbons (Fsp3) is 0.857. The zero-order chi connectivity index (χ0) is 13.3. The van der Waals surface area contributed by atoms with Gasteiger partial charge in [-0.2, -0.15) is 0 Å². The SMILES string of the molecule is CCO[Si](CCC1=CCCCC1)(OCC)OCC. The van der Waals surface area contributed by atoms with Crippen molar-refractivity contribution in [3.05, 3.63) is 11.6 Å². The molecule has 0 saturated carbocycles. The number of hydrogen-bond acceptors (Lipinski definition) is 3. The first-order valence-electron chi connectivity index (χ1n) is 7.36. The molecule has 3 nitrogen and oxygen atoms in total. The van der Waals surface area contributed by atoms with E-state index in [4.69, 9.17) is 13.3 Å². The van der Waals surface area contributed by atoms with Crippen molar-refractivity contribution in [2.45, 2.75) is 58.9 Å². The fourth-order valence-electron chi connectivity index (χ4n) is 2.45. The molecule has 0 atom stereocenters. The van der Waals surface area contributed by atoms with Crippen molar-refractivity contribution in [3.63, 3.8) is 0 Å². The van der Waals surface area contributed by atoms with Crippen LogP contribution >= 0.6 is 0 Å². The third-order valence-corrected chi connectivity index (χ3v) is 6.28. The average Bonchev–Trinajstić information content (AvgIpc) is 2.39. The Kier molecular flexibility index (Phi) is 7.82. The summed E-state index contributed by atoms with van der Waals surface area (Å²) in [6.07, 6.45) is 8.63. The van der Waals surface area contributed by atoms with Gasteiger partial charge in [-0.3, -0.25) is 0 Å². The molecule has 0 heterocycles. The minimum Gasteiger partial charge on any atom is -0.374 e. The maximum atomic E-state index is 5.87. The number of allylic oxidation sites excluding steroid dienone is 2. The summed E-state index contributed by atoms with van der Waals surface area (Å²) in [5.74, 6) is 0. The summed E-state index contributed by atoms with van der Waals surface area (Å²) in [5.41, 5.74) is 1.57. The Balaban J connectivity index is 2.54. The molecule has 0 saturated heterocycles. The van der Waals surface area contributed by atoms with Gasteiger partial charge in [-0.05, 0) is 52.9 Å². The minimum atomic E-state index is -2.42. The van der Waals surface area contributed by atoms with Gasteiger partial charge in [0.05, 0.1) is 0 Å². The third kappa shape index (κ3) is 5.22. The molecule has 0 N–H and O–H groups in total. The normalized spacial score (nSPS) is 16.7. The molecule has 106 valence electrons. The molecule has 0 aromatic rings. The second-order valence-corrected chi connectivity index (χ2v) is 7.32. The zero-order valence-electron chi connectivity index (χ0n) is 12.2. The van der Waals surface area contributed by atoms with Gasteiger partial charge in [0, 0.05) is 25.9 Å². The fourth-order valence-corrected chi connectivity index (χ4v) is 5.08. The molecule has 1 aliphatic carbocycles. The van der Waals surface area contributed by atoms with Crippen LogP contribution < -0.4 is 0 Å². The van der Waals surface area contributed by atoms with Crippen LogP contribution in [0, 0.1) is 0 Å². The predicted molar refractivity (Wildman–Crippen MR) is 76.6 cm³/mol. The molecule has 0 unspecified atom stereocenters. The van der Waals surface area contributed by atoms with Crippen molar-refractivity contribution in [1.82, 2.24) is 0 Å². The average molecular weight is 272 g/mol. The monoisotopic (exact) mass is 272 g/mol. The summed E-state index contributed by atoms with van der Waals surface area (Å²) in [6, 6.07) is 0.925. The second-order valence-electron chi connectivity index (χ2n) is 4.59. The first-order chi connectivity index (χ1) is 8.76. The van der Waals surface area contributed by atoms with Gasteiger partial charge in [-0.15, -0.1) is 0 Å². The molecule has 0 bridgehead atoms. The molecule has 4 heteroatoms. The van der Waals surface area contributed by atoms with E-state index in [1.807, 2.05) is 20.8 Å². The van der Waals surface area contributed by atoms with Crippen molar-refractivity contribution in [2.24, 2.45) is 0 Å². The van der Waals surface area contributed by atoms with E-state index in [0.29, 0.717) is 19.8 Å². The van der Waals surface area contributed by atoms with E-state index in [1.54, 1.807) is 5.57 Å². The highest BCUT2D eigenvalue weighted by Gasteiger charge is 2.39. The van der Waals surface area contributed by atoms with Gasteiger partial charge < -0.3 is 13.3 Å². The van der Waals surface area contributed by atoms with E-state index in [9.17, 15) is 0 Å². The largest absolute Gasteiger partial charge is 0.501 e. The Bertz CT molecular complexity index is 236. The lowest BCUT2D eigenvalue weighted by molar-refractivity contribution is 0.0713. The quantitative estimate of drug-likeness (QED) is 0.470. The highest BCUT2D eigenvalue weighted by Crippen LogP contribution is 2.26. The molecule has 0 aromatic carbocycles. The van der Waals surface area contributed by atoms with Crippen molar-refractivity contribution in [2.75, 3.05) is 19.8 Å². The molecule has 0 radical (unpaired) electrons. The summed E-state index contributed by atoms with van der Waals surface area (Å²) >= 11 is 0. The van der Waals surface area contributed by atoms with Gasteiger partial charge in [0.25, 0.3) is 0 Å². The zero-order valence-corrected chi connectivity index (χ0v) is 13.2. The standard InChI is InChI=1S/C14H28O3Si/c1-4-15-18(16-5-2,17-6-3)13-12-14-10-8-7-9-11-14/h10H,4-9,11-13H2,1-3H3. The van der Waals surface area contributed by atoms with Gasteiger partial charge in [-0.25, -0.2) is 0 Å². The number of hydrogen-bond donors (Lipinski definition) is 0. The lowest BCUT2D eigenvalue weighted by Crippen LogP contribution is -2.46. The van der Waals surface area contributed by atoms with Gasteiger partial charge in [0.15, 0.2) is 0 Å². The first-order valence-corrected chi connectivity index (χ1v) is 9.29. The van der Waals surface area contributed by atoms with E-state index < -0.39 is 8.80 Å². The lowest BCUT2D eigenvalue weighted by Gasteiger charge is -2.29. The second kappa shape index (κ2) is 8.86. The molecule has 0 spiro atoms. The van der Waals surface area contributed by atoms with E-state index in [-0.39, 0.29) is 0 Å². The van der Waals surface area contributed by atoms with Crippen molar-refractivity contribution in [3.8, 4) is 0 Å². The van der Waals surface area contributed by atoms with Crippen LogP contribution in [0.3, 0.4) is 0 Å². The molecule has 1 aliphatic rings. The highest BCUT2D eigenvalue weighted by molar-refractivity contribution is 6.60. The van der Waals surface area contributed by atoms with Crippen LogP contribution in [0.4, 0.5) is 0 Å². The van der Waals surface area contributed by atoms with Crippen molar-refractivity contribution in [1.29, 1.82) is 0 Å². The first kappa shape index (κ1) is 15.9. The van der Waals surface area contributed by atoms with Crippen LogP contribution in [0.25, 0.3) is 0 Å².